The van der Waals surface area contributed by atoms with Gasteiger partial charge in [0.15, 0.2) is 0 Å². The fourth-order valence-corrected chi connectivity index (χ4v) is 2.01. The number of hydrogen-bond acceptors (Lipinski definition) is 2. The van der Waals surface area contributed by atoms with E-state index in [1.54, 1.807) is 0 Å². The maximum atomic E-state index is 12.9. The molecule has 3 nitrogen and oxygen atoms in total. The van der Waals surface area contributed by atoms with Crippen LogP contribution in [0.1, 0.15) is 11.3 Å². The summed E-state index contributed by atoms with van der Waals surface area (Å²) in [5.74, 6) is 0. The average Bonchev–Trinajstić information content (AvgIpc) is 2.35. The molecule has 1 aromatic heterocycles. The van der Waals surface area contributed by atoms with E-state index in [0.717, 1.165) is 18.2 Å². The van der Waals surface area contributed by atoms with Crippen molar-refractivity contribution in [3.8, 4) is 0 Å². The van der Waals surface area contributed by atoms with Gasteiger partial charge in [0.2, 0.25) is 0 Å². The second-order valence-electron chi connectivity index (χ2n) is 4.18. The number of hydrogen-bond donors (Lipinski definition) is 1. The summed E-state index contributed by atoms with van der Waals surface area (Å²) < 4.78 is 39.3. The van der Waals surface area contributed by atoms with E-state index >= 15 is 0 Å². The van der Waals surface area contributed by atoms with Crippen LogP contribution in [0.15, 0.2) is 41.2 Å². The summed E-state index contributed by atoms with van der Waals surface area (Å²) in [7, 11) is 0. The zero-order valence-electron chi connectivity index (χ0n) is 10.1. The van der Waals surface area contributed by atoms with Gasteiger partial charge in [0.1, 0.15) is 5.69 Å². The Labute approximate surface area is 117 Å². The highest BCUT2D eigenvalue weighted by atomic mass is 35.5. The van der Waals surface area contributed by atoms with Crippen molar-refractivity contribution in [1.29, 1.82) is 0 Å². The fourth-order valence-electron chi connectivity index (χ4n) is 1.81. The van der Waals surface area contributed by atoms with Gasteiger partial charge in [0.25, 0.3) is 5.56 Å². The summed E-state index contributed by atoms with van der Waals surface area (Å²) >= 11 is 5.79. The lowest BCUT2D eigenvalue weighted by molar-refractivity contribution is -0.144. The monoisotopic (exact) mass is 302 g/mol. The van der Waals surface area contributed by atoms with Crippen molar-refractivity contribution in [2.24, 2.45) is 0 Å². The van der Waals surface area contributed by atoms with Crippen molar-refractivity contribution >= 4 is 17.3 Å². The number of anilines is 1. The molecule has 0 radical (unpaired) electrons. The first kappa shape index (κ1) is 14.5. The number of rotatable bonds is 2. The minimum atomic E-state index is -4.62. The van der Waals surface area contributed by atoms with Crippen molar-refractivity contribution in [1.82, 2.24) is 4.57 Å². The quantitative estimate of drug-likeness (QED) is 0.866. The topological polar surface area (TPSA) is 48.0 Å². The van der Waals surface area contributed by atoms with E-state index in [2.05, 4.69) is 0 Å². The lowest BCUT2D eigenvalue weighted by Crippen LogP contribution is -2.27. The van der Waals surface area contributed by atoms with Crippen LogP contribution in [0.5, 0.6) is 0 Å². The molecule has 0 bridgehead atoms. The van der Waals surface area contributed by atoms with Crippen LogP contribution in [0.4, 0.5) is 18.9 Å². The standard InChI is InChI=1S/C13H10ClF3N2O/c14-9-4-5-10(18)8(6-9)7-19-11(13(15,16)17)2-1-3-12(19)20/h1-6H,7,18H2. The molecule has 1 heterocycles. The molecule has 0 amide bonds. The second kappa shape index (κ2) is 5.20. The first-order valence-electron chi connectivity index (χ1n) is 5.60. The summed E-state index contributed by atoms with van der Waals surface area (Å²) in [4.78, 5) is 11.7. The highest BCUT2D eigenvalue weighted by Crippen LogP contribution is 2.29. The maximum absolute atomic E-state index is 12.9. The SMILES string of the molecule is Nc1ccc(Cl)cc1Cn1c(C(F)(F)F)cccc1=O. The smallest absolute Gasteiger partial charge is 0.398 e. The number of nitrogens with zero attached hydrogens (tertiary/aromatic N) is 1. The highest BCUT2D eigenvalue weighted by Gasteiger charge is 2.34. The lowest BCUT2D eigenvalue weighted by atomic mass is 10.1. The molecule has 0 unspecified atom stereocenters. The predicted molar refractivity (Wildman–Crippen MR) is 70.7 cm³/mol. The Morgan fingerprint density at radius 1 is 1.20 bits per heavy atom. The lowest BCUT2D eigenvalue weighted by Gasteiger charge is -2.16. The van der Waals surface area contributed by atoms with Gasteiger partial charge < -0.3 is 5.73 Å². The zero-order chi connectivity index (χ0) is 14.9. The van der Waals surface area contributed by atoms with Gasteiger partial charge in [-0.3, -0.25) is 9.36 Å². The molecule has 106 valence electrons. The zero-order valence-corrected chi connectivity index (χ0v) is 10.9. The number of nitrogens with two attached hydrogens (primary N) is 1. The summed E-state index contributed by atoms with van der Waals surface area (Å²) in [5.41, 5.74) is 4.55. The third kappa shape index (κ3) is 2.96. The third-order valence-corrected chi connectivity index (χ3v) is 3.01. The van der Waals surface area contributed by atoms with Gasteiger partial charge >= 0.3 is 6.18 Å². The number of nitrogen functional groups attached to an aromatic ring is 1. The van der Waals surface area contributed by atoms with Crippen molar-refractivity contribution in [3.05, 3.63) is 63.0 Å². The van der Waals surface area contributed by atoms with E-state index in [9.17, 15) is 18.0 Å². The number of pyridine rings is 1. The first-order chi connectivity index (χ1) is 9.29. The minimum absolute atomic E-state index is 0.276. The Morgan fingerprint density at radius 2 is 1.90 bits per heavy atom. The van der Waals surface area contributed by atoms with Gasteiger partial charge in [0.05, 0.1) is 6.54 Å². The molecule has 0 spiro atoms. The first-order valence-corrected chi connectivity index (χ1v) is 5.98. The molecule has 0 aliphatic rings. The summed E-state index contributed by atoms with van der Waals surface area (Å²) in [6, 6.07) is 7.44. The minimum Gasteiger partial charge on any atom is -0.398 e. The van der Waals surface area contributed by atoms with Crippen LogP contribution in [0.3, 0.4) is 0 Å². The molecule has 1 aromatic carbocycles. The highest BCUT2D eigenvalue weighted by molar-refractivity contribution is 6.30. The van der Waals surface area contributed by atoms with Crippen LogP contribution < -0.4 is 11.3 Å². The fraction of sp³-hybridized carbons (Fsp3) is 0.154. The molecule has 2 N–H and O–H groups in total. The van der Waals surface area contributed by atoms with E-state index < -0.39 is 17.4 Å². The third-order valence-electron chi connectivity index (χ3n) is 2.77. The normalized spacial score (nSPS) is 11.6. The Morgan fingerprint density at radius 3 is 2.55 bits per heavy atom. The molecule has 2 aromatic rings. The van der Waals surface area contributed by atoms with Gasteiger partial charge in [-0.05, 0) is 29.8 Å². The molecule has 2 rings (SSSR count). The Balaban J connectivity index is 2.54. The molecule has 20 heavy (non-hydrogen) atoms. The Kier molecular flexibility index (Phi) is 3.76. The molecule has 0 fully saturated rings. The van der Waals surface area contributed by atoms with Crippen LogP contribution in [-0.4, -0.2) is 4.57 Å². The summed E-state index contributed by atoms with van der Waals surface area (Å²) in [6.07, 6.45) is -4.62. The number of aromatic nitrogens is 1. The van der Waals surface area contributed by atoms with E-state index in [4.69, 9.17) is 17.3 Å². The van der Waals surface area contributed by atoms with E-state index in [1.165, 1.54) is 18.2 Å². The van der Waals surface area contributed by atoms with Crippen LogP contribution in [0, 0.1) is 0 Å². The number of benzene rings is 1. The average molecular weight is 303 g/mol. The molecule has 0 aliphatic carbocycles. The van der Waals surface area contributed by atoms with Crippen LogP contribution in [0.25, 0.3) is 0 Å². The predicted octanol–water partition coefficient (Wildman–Crippen LogP) is 3.15. The van der Waals surface area contributed by atoms with Crippen LogP contribution in [-0.2, 0) is 12.7 Å². The molecular formula is C13H10ClF3N2O. The van der Waals surface area contributed by atoms with E-state index in [0.29, 0.717) is 15.2 Å². The number of alkyl halides is 3. The van der Waals surface area contributed by atoms with Crippen molar-refractivity contribution in [3.63, 3.8) is 0 Å². The molecule has 0 atom stereocenters. The summed E-state index contributed by atoms with van der Waals surface area (Å²) in [6.45, 7) is -0.291. The molecule has 0 saturated carbocycles. The van der Waals surface area contributed by atoms with Crippen molar-refractivity contribution < 1.29 is 13.2 Å². The second-order valence-corrected chi connectivity index (χ2v) is 4.61. The largest absolute Gasteiger partial charge is 0.431 e. The molecule has 7 heteroatoms. The number of halogens is 4. The van der Waals surface area contributed by atoms with Gasteiger partial charge in [-0.1, -0.05) is 17.7 Å². The summed E-state index contributed by atoms with van der Waals surface area (Å²) in [5, 5.41) is 0.340. The van der Waals surface area contributed by atoms with Gasteiger partial charge in [-0.2, -0.15) is 13.2 Å². The molecule has 0 aliphatic heterocycles. The van der Waals surface area contributed by atoms with Crippen molar-refractivity contribution in [2.75, 3.05) is 5.73 Å². The molecule has 0 saturated heterocycles. The maximum Gasteiger partial charge on any atom is 0.431 e. The van der Waals surface area contributed by atoms with Gasteiger partial charge in [-0.15, -0.1) is 0 Å². The van der Waals surface area contributed by atoms with E-state index in [-0.39, 0.29) is 12.2 Å². The Bertz CT molecular complexity index is 695. The van der Waals surface area contributed by atoms with E-state index in [1.807, 2.05) is 0 Å². The molecular weight excluding hydrogens is 293 g/mol. The van der Waals surface area contributed by atoms with Gasteiger partial charge in [-0.25, -0.2) is 0 Å². The van der Waals surface area contributed by atoms with Crippen molar-refractivity contribution in [2.45, 2.75) is 12.7 Å². The van der Waals surface area contributed by atoms with Gasteiger partial charge in [0, 0.05) is 16.8 Å². The Hall–Kier alpha value is -1.95. The van der Waals surface area contributed by atoms with Crippen LogP contribution in [0.2, 0.25) is 5.02 Å². The van der Waals surface area contributed by atoms with Crippen LogP contribution >= 0.6 is 11.6 Å².